The average Bonchev–Trinajstić information content (AvgIpc) is 2.92. The maximum Gasteiger partial charge on any atom is 0.159 e. The molecule has 3 heteroatoms. The van der Waals surface area contributed by atoms with Crippen molar-refractivity contribution in [1.82, 2.24) is 0 Å². The Labute approximate surface area is 136 Å². The van der Waals surface area contributed by atoms with E-state index in [9.17, 15) is 4.79 Å². The molecular weight excluding hydrogens is 292 g/mol. The van der Waals surface area contributed by atoms with Crippen LogP contribution in [0.4, 0.5) is 0 Å². The summed E-state index contributed by atoms with van der Waals surface area (Å²) in [6.45, 7) is 9.75. The Bertz CT molecular complexity index is 665. The lowest BCUT2D eigenvalue weighted by Crippen LogP contribution is -1.93. The molecule has 0 saturated carbocycles. The number of aliphatic hydroxyl groups excluding tert-OH is 1. The summed E-state index contributed by atoms with van der Waals surface area (Å²) in [7, 11) is 0. The second-order valence-electron chi connectivity index (χ2n) is 5.13. The summed E-state index contributed by atoms with van der Waals surface area (Å²) in [5.41, 5.74) is 2.43. The average molecular weight is 316 g/mol. The highest BCUT2D eigenvalue weighted by Gasteiger charge is 2.02. The van der Waals surface area contributed by atoms with Gasteiger partial charge in [-0.25, -0.2) is 0 Å². The summed E-state index contributed by atoms with van der Waals surface area (Å²) in [6, 6.07) is 8.44. The van der Waals surface area contributed by atoms with E-state index in [1.165, 1.54) is 21.7 Å². The third-order valence-corrected chi connectivity index (χ3v) is 4.09. The SMILES string of the molecule is C=C(C)c1csc2ccccc12.CCCC(=O)/C=C(/O)CC. The minimum atomic E-state index is 0.0156. The Morgan fingerprint density at radius 1 is 1.32 bits per heavy atom. The largest absolute Gasteiger partial charge is 0.512 e. The van der Waals surface area contributed by atoms with E-state index in [0.717, 1.165) is 12.0 Å². The number of carbonyl (C=O) groups excluding carboxylic acids is 1. The molecule has 0 aliphatic carbocycles. The predicted molar refractivity (Wildman–Crippen MR) is 97.5 cm³/mol. The van der Waals surface area contributed by atoms with Gasteiger partial charge >= 0.3 is 0 Å². The third kappa shape index (κ3) is 5.49. The molecule has 2 nitrogen and oxygen atoms in total. The maximum absolute atomic E-state index is 10.8. The molecule has 0 aliphatic heterocycles. The zero-order valence-corrected chi connectivity index (χ0v) is 14.4. The van der Waals surface area contributed by atoms with E-state index in [1.54, 1.807) is 11.3 Å². The first-order chi connectivity index (χ1) is 10.5. The normalized spacial score (nSPS) is 11.0. The van der Waals surface area contributed by atoms with Crippen molar-refractivity contribution >= 4 is 32.8 Å². The number of hydrogen-bond donors (Lipinski definition) is 1. The lowest BCUT2D eigenvalue weighted by Gasteiger charge is -1.94. The molecule has 1 aromatic heterocycles. The smallest absolute Gasteiger partial charge is 0.159 e. The zero-order valence-electron chi connectivity index (χ0n) is 13.6. The number of aliphatic hydroxyl groups is 1. The first-order valence-corrected chi connectivity index (χ1v) is 8.42. The molecule has 0 unspecified atom stereocenters. The van der Waals surface area contributed by atoms with Gasteiger partial charge in [-0.15, -0.1) is 11.3 Å². The van der Waals surface area contributed by atoms with Gasteiger partial charge in [-0.2, -0.15) is 0 Å². The Morgan fingerprint density at radius 2 is 2.00 bits per heavy atom. The number of allylic oxidation sites excluding steroid dienone is 3. The van der Waals surface area contributed by atoms with Crippen LogP contribution in [-0.2, 0) is 4.79 Å². The van der Waals surface area contributed by atoms with Gasteiger partial charge in [0.05, 0.1) is 5.76 Å². The molecule has 0 radical (unpaired) electrons. The molecule has 0 bridgehead atoms. The molecule has 2 aromatic rings. The fourth-order valence-corrected chi connectivity index (χ4v) is 2.95. The topological polar surface area (TPSA) is 37.3 Å². The second kappa shape index (κ2) is 9.21. The van der Waals surface area contributed by atoms with Gasteiger partial charge < -0.3 is 5.11 Å². The number of benzene rings is 1. The van der Waals surface area contributed by atoms with Crippen LogP contribution in [0, 0.1) is 0 Å². The van der Waals surface area contributed by atoms with Crippen LogP contribution in [0.25, 0.3) is 15.7 Å². The van der Waals surface area contributed by atoms with Gasteiger partial charge in [-0.3, -0.25) is 4.79 Å². The minimum absolute atomic E-state index is 0.0156. The van der Waals surface area contributed by atoms with Crippen LogP contribution in [0.15, 0.2) is 48.1 Å². The van der Waals surface area contributed by atoms with E-state index in [2.05, 4.69) is 43.1 Å². The summed E-state index contributed by atoms with van der Waals surface area (Å²) in [4.78, 5) is 10.8. The highest BCUT2D eigenvalue weighted by atomic mass is 32.1. The van der Waals surface area contributed by atoms with E-state index in [1.807, 2.05) is 13.8 Å². The van der Waals surface area contributed by atoms with Crippen LogP contribution in [0.5, 0.6) is 0 Å². The van der Waals surface area contributed by atoms with Gasteiger partial charge in [0, 0.05) is 23.6 Å². The van der Waals surface area contributed by atoms with Crippen molar-refractivity contribution in [3.8, 4) is 0 Å². The van der Waals surface area contributed by atoms with E-state index >= 15 is 0 Å². The van der Waals surface area contributed by atoms with Crippen LogP contribution in [-0.4, -0.2) is 10.9 Å². The molecule has 0 aliphatic rings. The lowest BCUT2D eigenvalue weighted by atomic mass is 10.1. The highest BCUT2D eigenvalue weighted by Crippen LogP contribution is 2.29. The number of ketones is 1. The van der Waals surface area contributed by atoms with Crippen molar-refractivity contribution < 1.29 is 9.90 Å². The van der Waals surface area contributed by atoms with Crippen LogP contribution in [0.1, 0.15) is 45.6 Å². The molecule has 0 fully saturated rings. The van der Waals surface area contributed by atoms with Crippen molar-refractivity contribution in [3.63, 3.8) is 0 Å². The summed E-state index contributed by atoms with van der Waals surface area (Å²) in [6.07, 6.45) is 3.22. The number of fused-ring (bicyclic) bond motifs is 1. The highest BCUT2D eigenvalue weighted by molar-refractivity contribution is 7.17. The molecule has 1 aromatic carbocycles. The van der Waals surface area contributed by atoms with Gasteiger partial charge in [0.25, 0.3) is 0 Å². The molecule has 0 saturated heterocycles. The van der Waals surface area contributed by atoms with Crippen molar-refractivity contribution in [2.75, 3.05) is 0 Å². The van der Waals surface area contributed by atoms with Gasteiger partial charge in [0.15, 0.2) is 5.78 Å². The van der Waals surface area contributed by atoms with Crippen LogP contribution < -0.4 is 0 Å². The molecule has 2 rings (SSSR count). The molecule has 1 N–H and O–H groups in total. The monoisotopic (exact) mass is 316 g/mol. The van der Waals surface area contributed by atoms with E-state index < -0.39 is 0 Å². The molecule has 1 heterocycles. The van der Waals surface area contributed by atoms with Gasteiger partial charge in [0.1, 0.15) is 0 Å². The molecule has 118 valence electrons. The first kappa shape index (κ1) is 18.2. The van der Waals surface area contributed by atoms with Crippen molar-refractivity contribution in [2.45, 2.75) is 40.0 Å². The Morgan fingerprint density at radius 3 is 2.59 bits per heavy atom. The Balaban J connectivity index is 0.000000225. The Hall–Kier alpha value is -1.87. The van der Waals surface area contributed by atoms with Crippen molar-refractivity contribution in [2.24, 2.45) is 0 Å². The number of thiophene rings is 1. The standard InChI is InChI=1S/C11H10S.C8H14O2/c1-8(2)10-7-12-11-6-4-3-5-9(10)11;1-3-5-8(10)6-7(9)4-2/h3-7H,1H2,2H3;6,9H,3-5H2,1-2H3/b;7-6+. The van der Waals surface area contributed by atoms with Crippen LogP contribution in [0.3, 0.4) is 0 Å². The lowest BCUT2D eigenvalue weighted by molar-refractivity contribution is -0.114. The van der Waals surface area contributed by atoms with E-state index in [-0.39, 0.29) is 11.5 Å². The van der Waals surface area contributed by atoms with Gasteiger partial charge in [-0.1, -0.05) is 38.6 Å². The Kier molecular flexibility index (Phi) is 7.61. The second-order valence-corrected chi connectivity index (χ2v) is 6.04. The number of rotatable bonds is 5. The van der Waals surface area contributed by atoms with E-state index in [4.69, 9.17) is 5.11 Å². The van der Waals surface area contributed by atoms with Gasteiger partial charge in [-0.05, 0) is 41.3 Å². The van der Waals surface area contributed by atoms with Crippen molar-refractivity contribution in [3.05, 3.63) is 53.6 Å². The summed E-state index contributed by atoms with van der Waals surface area (Å²) < 4.78 is 1.34. The zero-order chi connectivity index (χ0) is 16.5. The number of hydrogen-bond acceptors (Lipinski definition) is 3. The summed E-state index contributed by atoms with van der Waals surface area (Å²) in [5.74, 6) is 0.195. The quantitative estimate of drug-likeness (QED) is 0.531. The summed E-state index contributed by atoms with van der Waals surface area (Å²) >= 11 is 1.78. The molecule has 22 heavy (non-hydrogen) atoms. The molecule has 0 atom stereocenters. The summed E-state index contributed by atoms with van der Waals surface area (Å²) in [5, 5.41) is 12.4. The maximum atomic E-state index is 10.8. The first-order valence-electron chi connectivity index (χ1n) is 7.54. The molecular formula is C19H24O2S. The van der Waals surface area contributed by atoms with Gasteiger partial charge in [0.2, 0.25) is 0 Å². The van der Waals surface area contributed by atoms with E-state index in [0.29, 0.717) is 12.8 Å². The van der Waals surface area contributed by atoms with Crippen LogP contribution >= 0.6 is 11.3 Å². The fourth-order valence-electron chi connectivity index (χ4n) is 1.91. The van der Waals surface area contributed by atoms with Crippen molar-refractivity contribution in [1.29, 1.82) is 0 Å². The number of carbonyl (C=O) groups is 1. The molecule has 0 spiro atoms. The molecule has 0 amide bonds. The fraction of sp³-hybridized carbons (Fsp3) is 0.316. The third-order valence-electron chi connectivity index (χ3n) is 3.13. The predicted octanol–water partition coefficient (Wildman–Crippen LogP) is 6.14. The minimum Gasteiger partial charge on any atom is -0.512 e. The van der Waals surface area contributed by atoms with Crippen LogP contribution in [0.2, 0.25) is 0 Å².